The molecular formula is C18H24N4O2. The van der Waals surface area contributed by atoms with Gasteiger partial charge in [0, 0.05) is 30.0 Å². The Kier molecular flexibility index (Phi) is 5.63. The van der Waals surface area contributed by atoms with Crippen LogP contribution in [-0.2, 0) is 11.2 Å². The minimum absolute atomic E-state index is 0.481. The van der Waals surface area contributed by atoms with Crippen LogP contribution in [0.1, 0.15) is 26.5 Å². The van der Waals surface area contributed by atoms with Gasteiger partial charge < -0.3 is 15.8 Å². The van der Waals surface area contributed by atoms with Gasteiger partial charge in [0.05, 0.1) is 0 Å². The van der Waals surface area contributed by atoms with Crippen LogP contribution in [0.25, 0.3) is 0 Å². The van der Waals surface area contributed by atoms with Crippen LogP contribution in [-0.4, -0.2) is 23.2 Å². The van der Waals surface area contributed by atoms with Crippen LogP contribution >= 0.6 is 0 Å². The van der Waals surface area contributed by atoms with E-state index in [1.807, 2.05) is 57.2 Å². The van der Waals surface area contributed by atoms with E-state index in [0.29, 0.717) is 5.82 Å². The Morgan fingerprint density at radius 2 is 1.88 bits per heavy atom. The van der Waals surface area contributed by atoms with Crippen molar-refractivity contribution < 1.29 is 9.53 Å². The Bertz CT molecular complexity index is 678. The molecule has 0 spiro atoms. The number of rotatable bonds is 5. The molecule has 0 fully saturated rings. The maximum absolute atomic E-state index is 11.8. The molecule has 6 nitrogen and oxygen atoms in total. The Balaban J connectivity index is 1.86. The lowest BCUT2D eigenvalue weighted by atomic mass is 10.2. The van der Waals surface area contributed by atoms with Crippen molar-refractivity contribution in [3.8, 4) is 0 Å². The number of nitrogen functional groups attached to an aromatic ring is 1. The van der Waals surface area contributed by atoms with E-state index in [2.05, 4.69) is 15.6 Å². The molecule has 0 atom stereocenters. The fraction of sp³-hybridized carbons (Fsp3) is 0.333. The number of aromatic nitrogens is 1. The molecule has 2 rings (SSSR count). The largest absolute Gasteiger partial charge is 0.444 e. The Hall–Kier alpha value is -2.76. The van der Waals surface area contributed by atoms with Crippen LogP contribution in [0.15, 0.2) is 42.5 Å². The standard InChI is InChI=1S/C18H24N4O2/c1-18(2,3)24-17(23)22-16-6-4-5-15(21-16)11-12-20-14-9-7-13(19)8-10-14/h4-10,20H,11-12,19H2,1-3H3,(H,21,22,23). The van der Waals surface area contributed by atoms with Gasteiger partial charge in [0.15, 0.2) is 0 Å². The summed E-state index contributed by atoms with van der Waals surface area (Å²) in [4.78, 5) is 16.2. The fourth-order valence-electron chi connectivity index (χ4n) is 2.03. The number of anilines is 3. The van der Waals surface area contributed by atoms with Crippen LogP contribution < -0.4 is 16.4 Å². The summed E-state index contributed by atoms with van der Waals surface area (Å²) in [5.74, 6) is 0.481. The van der Waals surface area contributed by atoms with Crippen LogP contribution in [0.4, 0.5) is 22.0 Å². The van der Waals surface area contributed by atoms with E-state index < -0.39 is 11.7 Å². The summed E-state index contributed by atoms with van der Waals surface area (Å²) in [6.07, 6.45) is 0.223. The minimum atomic E-state index is -0.537. The second-order valence-electron chi connectivity index (χ2n) is 6.44. The van der Waals surface area contributed by atoms with Gasteiger partial charge in [-0.15, -0.1) is 0 Å². The van der Waals surface area contributed by atoms with Crippen LogP contribution in [0.5, 0.6) is 0 Å². The molecule has 1 heterocycles. The summed E-state index contributed by atoms with van der Waals surface area (Å²) in [5, 5.41) is 5.95. The first-order chi connectivity index (χ1) is 11.3. The molecule has 24 heavy (non-hydrogen) atoms. The predicted octanol–water partition coefficient (Wildman–Crippen LogP) is 3.67. The van der Waals surface area contributed by atoms with Crippen molar-refractivity contribution in [3.05, 3.63) is 48.2 Å². The van der Waals surface area contributed by atoms with Crippen LogP contribution in [0.3, 0.4) is 0 Å². The molecule has 128 valence electrons. The zero-order valence-electron chi connectivity index (χ0n) is 14.3. The Morgan fingerprint density at radius 3 is 2.54 bits per heavy atom. The predicted molar refractivity (Wildman–Crippen MR) is 97.1 cm³/mol. The zero-order valence-corrected chi connectivity index (χ0v) is 14.3. The number of benzene rings is 1. The number of nitrogens with one attached hydrogen (secondary N) is 2. The number of hydrogen-bond acceptors (Lipinski definition) is 5. The highest BCUT2D eigenvalue weighted by atomic mass is 16.6. The summed E-state index contributed by atoms with van der Waals surface area (Å²) in [5.41, 5.74) is 7.75. The second-order valence-corrected chi connectivity index (χ2v) is 6.44. The van der Waals surface area contributed by atoms with Gasteiger partial charge in [-0.1, -0.05) is 6.07 Å². The quantitative estimate of drug-likeness (QED) is 0.729. The van der Waals surface area contributed by atoms with E-state index in [1.165, 1.54) is 0 Å². The summed E-state index contributed by atoms with van der Waals surface area (Å²) in [6.45, 7) is 6.19. The molecule has 1 aromatic carbocycles. The van der Waals surface area contributed by atoms with Gasteiger partial charge in [0.25, 0.3) is 0 Å². The third-order valence-corrected chi connectivity index (χ3v) is 3.06. The highest BCUT2D eigenvalue weighted by Gasteiger charge is 2.16. The number of pyridine rings is 1. The van der Waals surface area contributed by atoms with Gasteiger partial charge in [-0.2, -0.15) is 0 Å². The van der Waals surface area contributed by atoms with E-state index >= 15 is 0 Å². The van der Waals surface area contributed by atoms with E-state index in [-0.39, 0.29) is 0 Å². The van der Waals surface area contributed by atoms with Crippen molar-refractivity contribution in [1.29, 1.82) is 0 Å². The molecule has 0 saturated carbocycles. The third kappa shape index (κ3) is 6.16. The number of nitrogens with two attached hydrogens (primary N) is 1. The van der Waals surface area contributed by atoms with Crippen molar-refractivity contribution >= 4 is 23.3 Å². The molecule has 1 aromatic heterocycles. The fourth-order valence-corrected chi connectivity index (χ4v) is 2.03. The van der Waals surface area contributed by atoms with Crippen molar-refractivity contribution in [3.63, 3.8) is 0 Å². The first kappa shape index (κ1) is 17.6. The van der Waals surface area contributed by atoms with Gasteiger partial charge in [-0.3, -0.25) is 5.32 Å². The first-order valence-corrected chi connectivity index (χ1v) is 7.87. The third-order valence-electron chi connectivity index (χ3n) is 3.06. The van der Waals surface area contributed by atoms with Crippen molar-refractivity contribution in [2.75, 3.05) is 22.9 Å². The van der Waals surface area contributed by atoms with Gasteiger partial charge >= 0.3 is 6.09 Å². The Labute approximate surface area is 142 Å². The zero-order chi connectivity index (χ0) is 17.6. The molecule has 0 aliphatic carbocycles. The second kappa shape index (κ2) is 7.68. The summed E-state index contributed by atoms with van der Waals surface area (Å²) >= 11 is 0. The normalized spacial score (nSPS) is 11.0. The van der Waals surface area contributed by atoms with Crippen molar-refractivity contribution in [2.24, 2.45) is 0 Å². The summed E-state index contributed by atoms with van der Waals surface area (Å²) < 4.78 is 5.22. The highest BCUT2D eigenvalue weighted by Crippen LogP contribution is 2.12. The molecule has 2 aromatic rings. The number of amides is 1. The first-order valence-electron chi connectivity index (χ1n) is 7.87. The van der Waals surface area contributed by atoms with E-state index in [4.69, 9.17) is 10.5 Å². The van der Waals surface area contributed by atoms with E-state index in [9.17, 15) is 4.79 Å². The number of hydrogen-bond donors (Lipinski definition) is 3. The van der Waals surface area contributed by atoms with Gasteiger partial charge in [0.2, 0.25) is 0 Å². The summed E-state index contributed by atoms with van der Waals surface area (Å²) in [7, 11) is 0. The number of carbonyl (C=O) groups excluding carboxylic acids is 1. The molecule has 6 heteroatoms. The van der Waals surface area contributed by atoms with Gasteiger partial charge in [0.1, 0.15) is 11.4 Å². The highest BCUT2D eigenvalue weighted by molar-refractivity contribution is 5.83. The average molecular weight is 328 g/mol. The molecule has 0 radical (unpaired) electrons. The maximum Gasteiger partial charge on any atom is 0.413 e. The van der Waals surface area contributed by atoms with Gasteiger partial charge in [-0.05, 0) is 57.2 Å². The molecule has 0 aliphatic heterocycles. The van der Waals surface area contributed by atoms with E-state index in [1.54, 1.807) is 6.07 Å². The molecule has 1 amide bonds. The molecular weight excluding hydrogens is 304 g/mol. The lowest BCUT2D eigenvalue weighted by Gasteiger charge is -2.19. The molecule has 4 N–H and O–H groups in total. The van der Waals surface area contributed by atoms with Gasteiger partial charge in [-0.25, -0.2) is 9.78 Å². The van der Waals surface area contributed by atoms with Crippen molar-refractivity contribution in [2.45, 2.75) is 32.8 Å². The lowest BCUT2D eigenvalue weighted by Crippen LogP contribution is -2.27. The number of ether oxygens (including phenoxy) is 1. The number of nitrogens with zero attached hydrogens (tertiary/aromatic N) is 1. The maximum atomic E-state index is 11.8. The Morgan fingerprint density at radius 1 is 1.17 bits per heavy atom. The van der Waals surface area contributed by atoms with Crippen molar-refractivity contribution in [1.82, 2.24) is 4.98 Å². The van der Waals surface area contributed by atoms with Crippen LogP contribution in [0, 0.1) is 0 Å². The number of carbonyl (C=O) groups is 1. The van der Waals surface area contributed by atoms with Crippen LogP contribution in [0.2, 0.25) is 0 Å². The lowest BCUT2D eigenvalue weighted by molar-refractivity contribution is 0.0635. The molecule has 0 unspecified atom stereocenters. The van der Waals surface area contributed by atoms with E-state index in [0.717, 1.165) is 30.0 Å². The topological polar surface area (TPSA) is 89.3 Å². The SMILES string of the molecule is CC(C)(C)OC(=O)Nc1cccc(CCNc2ccc(N)cc2)n1. The smallest absolute Gasteiger partial charge is 0.413 e. The monoisotopic (exact) mass is 328 g/mol. The molecule has 0 aliphatic rings. The summed E-state index contributed by atoms with van der Waals surface area (Å²) in [6, 6.07) is 13.1. The average Bonchev–Trinajstić information content (AvgIpc) is 2.48. The molecule has 0 bridgehead atoms. The molecule has 0 saturated heterocycles. The minimum Gasteiger partial charge on any atom is -0.444 e.